The van der Waals surface area contributed by atoms with Crippen molar-refractivity contribution in [1.82, 2.24) is 10.6 Å². The lowest BCUT2D eigenvalue weighted by Gasteiger charge is -2.40. The van der Waals surface area contributed by atoms with E-state index in [1.54, 1.807) is 7.11 Å². The van der Waals surface area contributed by atoms with Gasteiger partial charge >= 0.3 is 0 Å². The number of carbonyl (C=O) groups is 1. The highest BCUT2D eigenvalue weighted by molar-refractivity contribution is 5.85. The number of amides is 1. The molecule has 2 atom stereocenters. The largest absolute Gasteiger partial charge is 0.493 e. The van der Waals surface area contributed by atoms with Crippen LogP contribution in [0.2, 0.25) is 0 Å². The standard InChI is InChI=1S/C23H28N2O3.ClH/c1-27-22-21(25-20(26)11-16-28-17-7-3-2-4-8-17)18-9-5-6-10-19(18)23(22)12-14-24-15-13-23;/h2-10,21-22,24H,11-16H2,1H3,(H,25,26);1H/t21-,22+;/m1./s1. The number of para-hydroxylation sites is 1. The van der Waals surface area contributed by atoms with E-state index < -0.39 is 0 Å². The maximum Gasteiger partial charge on any atom is 0.224 e. The SMILES string of the molecule is CO[C@H]1[C@H](NC(=O)CCOc2ccccc2)c2ccccc2C12CCNCC2.Cl. The van der Waals surface area contributed by atoms with E-state index in [9.17, 15) is 4.79 Å². The molecular weight excluding hydrogens is 388 g/mol. The summed E-state index contributed by atoms with van der Waals surface area (Å²) in [6, 6.07) is 17.9. The molecule has 0 unspecified atom stereocenters. The molecule has 1 amide bonds. The minimum absolute atomic E-state index is 0. The third-order valence-corrected chi connectivity index (χ3v) is 6.09. The van der Waals surface area contributed by atoms with Crippen LogP contribution in [0.4, 0.5) is 0 Å². The molecule has 1 fully saturated rings. The summed E-state index contributed by atoms with van der Waals surface area (Å²) in [7, 11) is 1.76. The summed E-state index contributed by atoms with van der Waals surface area (Å²) in [4.78, 5) is 12.7. The molecule has 156 valence electrons. The van der Waals surface area contributed by atoms with E-state index >= 15 is 0 Å². The molecule has 6 heteroatoms. The van der Waals surface area contributed by atoms with Gasteiger partial charge in [0.25, 0.3) is 0 Å². The quantitative estimate of drug-likeness (QED) is 0.757. The van der Waals surface area contributed by atoms with Gasteiger partial charge in [-0.25, -0.2) is 0 Å². The number of hydrogen-bond donors (Lipinski definition) is 2. The summed E-state index contributed by atoms with van der Waals surface area (Å²) < 4.78 is 11.7. The van der Waals surface area contributed by atoms with Crippen molar-refractivity contribution in [3.63, 3.8) is 0 Å². The fourth-order valence-corrected chi connectivity index (χ4v) is 4.82. The normalized spacial score (nSPS) is 21.8. The number of methoxy groups -OCH3 is 1. The lowest BCUT2D eigenvalue weighted by Crippen LogP contribution is -2.49. The van der Waals surface area contributed by atoms with Crippen LogP contribution >= 0.6 is 12.4 Å². The molecule has 1 heterocycles. The molecule has 29 heavy (non-hydrogen) atoms. The Morgan fingerprint density at radius 3 is 2.52 bits per heavy atom. The van der Waals surface area contributed by atoms with E-state index in [0.29, 0.717) is 13.0 Å². The average Bonchev–Trinajstić information content (AvgIpc) is 2.98. The van der Waals surface area contributed by atoms with Crippen LogP contribution in [-0.2, 0) is 14.9 Å². The molecule has 1 aliphatic carbocycles. The van der Waals surface area contributed by atoms with E-state index in [0.717, 1.165) is 31.7 Å². The Morgan fingerprint density at radius 2 is 1.79 bits per heavy atom. The summed E-state index contributed by atoms with van der Waals surface area (Å²) >= 11 is 0. The van der Waals surface area contributed by atoms with Gasteiger partial charge < -0.3 is 20.1 Å². The topological polar surface area (TPSA) is 59.6 Å². The van der Waals surface area contributed by atoms with E-state index in [1.807, 2.05) is 36.4 Å². The first kappa shape index (κ1) is 21.6. The van der Waals surface area contributed by atoms with Gasteiger partial charge in [-0.15, -0.1) is 12.4 Å². The Kier molecular flexibility index (Phi) is 7.17. The van der Waals surface area contributed by atoms with Crippen LogP contribution < -0.4 is 15.4 Å². The van der Waals surface area contributed by atoms with Gasteiger partial charge in [-0.3, -0.25) is 4.79 Å². The predicted molar refractivity (Wildman–Crippen MR) is 116 cm³/mol. The van der Waals surface area contributed by atoms with Crippen molar-refractivity contribution in [3.05, 3.63) is 65.7 Å². The summed E-state index contributed by atoms with van der Waals surface area (Å²) in [6.45, 7) is 2.30. The molecule has 4 rings (SSSR count). The number of nitrogens with one attached hydrogen (secondary N) is 2. The lowest BCUT2D eigenvalue weighted by atomic mass is 9.72. The Balaban J connectivity index is 0.00000240. The highest BCUT2D eigenvalue weighted by Crippen LogP contribution is 2.51. The van der Waals surface area contributed by atoms with Gasteiger partial charge in [-0.05, 0) is 49.2 Å². The number of carbonyl (C=O) groups excluding carboxylic acids is 1. The second-order valence-electron chi connectivity index (χ2n) is 7.61. The van der Waals surface area contributed by atoms with Crippen LogP contribution in [0.5, 0.6) is 5.75 Å². The van der Waals surface area contributed by atoms with E-state index in [4.69, 9.17) is 9.47 Å². The van der Waals surface area contributed by atoms with Crippen molar-refractivity contribution in [2.45, 2.75) is 36.8 Å². The van der Waals surface area contributed by atoms with Crippen molar-refractivity contribution in [1.29, 1.82) is 0 Å². The zero-order valence-corrected chi connectivity index (χ0v) is 17.5. The molecule has 0 bridgehead atoms. The smallest absolute Gasteiger partial charge is 0.224 e. The fraction of sp³-hybridized carbons (Fsp3) is 0.435. The maximum atomic E-state index is 12.7. The van der Waals surface area contributed by atoms with Crippen molar-refractivity contribution in [2.24, 2.45) is 0 Å². The van der Waals surface area contributed by atoms with Crippen molar-refractivity contribution < 1.29 is 14.3 Å². The summed E-state index contributed by atoms with van der Waals surface area (Å²) in [6.07, 6.45) is 2.31. The van der Waals surface area contributed by atoms with E-state index in [-0.39, 0.29) is 35.9 Å². The zero-order chi connectivity index (χ0) is 19.4. The Hall–Kier alpha value is -2.08. The van der Waals surface area contributed by atoms with Gasteiger partial charge in [0.15, 0.2) is 0 Å². The first-order valence-electron chi connectivity index (χ1n) is 10.0. The molecule has 0 saturated carbocycles. The first-order valence-corrected chi connectivity index (χ1v) is 10.0. The number of benzene rings is 2. The number of rotatable bonds is 6. The number of hydrogen-bond acceptors (Lipinski definition) is 4. The minimum atomic E-state index is -0.122. The Labute approximate surface area is 178 Å². The van der Waals surface area contributed by atoms with Crippen LogP contribution in [0.25, 0.3) is 0 Å². The molecule has 1 aliphatic heterocycles. The molecular formula is C23H29ClN2O3. The lowest BCUT2D eigenvalue weighted by molar-refractivity contribution is -0.123. The third kappa shape index (κ3) is 4.27. The van der Waals surface area contributed by atoms with Crippen LogP contribution in [0.15, 0.2) is 54.6 Å². The van der Waals surface area contributed by atoms with Gasteiger partial charge in [0.2, 0.25) is 5.91 Å². The summed E-state index contributed by atoms with van der Waals surface area (Å²) in [5, 5.41) is 6.68. The monoisotopic (exact) mass is 416 g/mol. The van der Waals surface area contributed by atoms with Crippen molar-refractivity contribution >= 4 is 18.3 Å². The number of ether oxygens (including phenoxy) is 2. The van der Waals surface area contributed by atoms with Gasteiger partial charge in [0.1, 0.15) is 5.75 Å². The molecule has 2 aliphatic rings. The Morgan fingerprint density at radius 1 is 1.10 bits per heavy atom. The number of halogens is 1. The fourth-order valence-electron chi connectivity index (χ4n) is 4.82. The molecule has 1 saturated heterocycles. The average molecular weight is 417 g/mol. The molecule has 0 radical (unpaired) electrons. The number of piperidine rings is 1. The Bertz CT molecular complexity index is 809. The summed E-state index contributed by atoms with van der Waals surface area (Å²) in [5.41, 5.74) is 2.48. The molecule has 2 aromatic carbocycles. The molecule has 2 aromatic rings. The zero-order valence-electron chi connectivity index (χ0n) is 16.7. The summed E-state index contributed by atoms with van der Waals surface area (Å²) in [5.74, 6) is 0.772. The predicted octanol–water partition coefficient (Wildman–Crippen LogP) is 3.38. The molecule has 1 spiro atoms. The number of fused-ring (bicyclic) bond motifs is 2. The molecule has 0 aromatic heterocycles. The van der Waals surface area contributed by atoms with Crippen molar-refractivity contribution in [2.75, 3.05) is 26.8 Å². The molecule has 5 nitrogen and oxygen atoms in total. The second kappa shape index (κ2) is 9.61. The van der Waals surface area contributed by atoms with Crippen LogP contribution in [0, 0.1) is 0 Å². The second-order valence-corrected chi connectivity index (χ2v) is 7.61. The van der Waals surface area contributed by atoms with Crippen LogP contribution in [0.3, 0.4) is 0 Å². The highest BCUT2D eigenvalue weighted by atomic mass is 35.5. The first-order chi connectivity index (χ1) is 13.7. The van der Waals surface area contributed by atoms with Gasteiger partial charge in [0.05, 0.1) is 25.2 Å². The van der Waals surface area contributed by atoms with Crippen molar-refractivity contribution in [3.8, 4) is 5.75 Å². The van der Waals surface area contributed by atoms with E-state index in [2.05, 4.69) is 28.8 Å². The van der Waals surface area contributed by atoms with E-state index in [1.165, 1.54) is 11.1 Å². The van der Waals surface area contributed by atoms with Gasteiger partial charge in [0, 0.05) is 12.5 Å². The third-order valence-electron chi connectivity index (χ3n) is 6.09. The van der Waals surface area contributed by atoms with Crippen LogP contribution in [0.1, 0.15) is 36.4 Å². The molecule has 2 N–H and O–H groups in total. The van der Waals surface area contributed by atoms with Gasteiger partial charge in [-0.1, -0.05) is 42.5 Å². The van der Waals surface area contributed by atoms with Crippen LogP contribution in [-0.4, -0.2) is 38.8 Å². The maximum absolute atomic E-state index is 12.7. The highest BCUT2D eigenvalue weighted by Gasteiger charge is 2.53. The minimum Gasteiger partial charge on any atom is -0.493 e. The van der Waals surface area contributed by atoms with Gasteiger partial charge in [-0.2, -0.15) is 0 Å².